The van der Waals surface area contributed by atoms with Crippen molar-refractivity contribution in [2.24, 2.45) is 0 Å². The topological polar surface area (TPSA) is 12.9 Å². The van der Waals surface area contributed by atoms with Gasteiger partial charge in [0, 0.05) is 16.5 Å². The first-order valence-electron chi connectivity index (χ1n) is 6.79. The zero-order valence-electron chi connectivity index (χ0n) is 10.8. The normalized spacial score (nSPS) is 12.8. The van der Waals surface area contributed by atoms with Crippen LogP contribution in [0, 0.1) is 0 Å². The van der Waals surface area contributed by atoms with E-state index >= 15 is 0 Å². The number of nitrogens with zero attached hydrogens (tertiary/aromatic N) is 1. The molecule has 0 N–H and O–H groups in total. The molecule has 2 heteroatoms. The Labute approximate surface area is 120 Å². The molecule has 5 rings (SSSR count). The molecule has 2 aromatic heterocycles. The number of hydrogen-bond donors (Lipinski definition) is 0. The van der Waals surface area contributed by atoms with E-state index in [9.17, 15) is 0 Å². The van der Waals surface area contributed by atoms with Crippen LogP contribution >= 0.6 is 11.3 Å². The van der Waals surface area contributed by atoms with Gasteiger partial charge in [-0.3, -0.25) is 0 Å². The largest absolute Gasteiger partial charge is 0.247 e. The van der Waals surface area contributed by atoms with E-state index in [1.165, 1.54) is 37.2 Å². The van der Waals surface area contributed by atoms with Gasteiger partial charge in [0.05, 0.1) is 16.1 Å². The van der Waals surface area contributed by atoms with Gasteiger partial charge in [-0.25, -0.2) is 4.98 Å². The molecule has 20 heavy (non-hydrogen) atoms. The highest BCUT2D eigenvalue weighted by Crippen LogP contribution is 2.45. The van der Waals surface area contributed by atoms with Gasteiger partial charge in [-0.15, -0.1) is 11.3 Å². The number of fused-ring (bicyclic) bond motifs is 6. The fourth-order valence-corrected chi connectivity index (χ4v) is 4.39. The summed E-state index contributed by atoms with van der Waals surface area (Å²) < 4.78 is 1.37. The minimum absolute atomic E-state index is 1.02. The molecule has 0 saturated heterocycles. The van der Waals surface area contributed by atoms with Crippen molar-refractivity contribution in [1.82, 2.24) is 4.98 Å². The summed E-state index contributed by atoms with van der Waals surface area (Å²) in [5.41, 5.74) is 5.12. The van der Waals surface area contributed by atoms with Crippen molar-refractivity contribution in [3.05, 3.63) is 65.7 Å². The molecule has 2 heterocycles. The molecule has 0 aliphatic heterocycles. The lowest BCUT2D eigenvalue weighted by Crippen LogP contribution is -1.86. The van der Waals surface area contributed by atoms with Gasteiger partial charge in [0.1, 0.15) is 0 Å². The second-order valence-electron chi connectivity index (χ2n) is 5.27. The first kappa shape index (κ1) is 10.6. The summed E-state index contributed by atoms with van der Waals surface area (Å²) in [6, 6.07) is 19.4. The zero-order chi connectivity index (χ0) is 13.1. The summed E-state index contributed by atoms with van der Waals surface area (Å²) in [5.74, 6) is 0. The Bertz CT molecular complexity index is 981. The number of pyridine rings is 1. The van der Waals surface area contributed by atoms with Crippen LogP contribution in [0.1, 0.15) is 11.1 Å². The molecule has 0 bridgehead atoms. The molecule has 0 radical (unpaired) electrons. The molecule has 0 fully saturated rings. The quantitative estimate of drug-likeness (QED) is 0.386. The van der Waals surface area contributed by atoms with Gasteiger partial charge in [0.2, 0.25) is 0 Å². The van der Waals surface area contributed by atoms with Crippen LogP contribution in [0.25, 0.3) is 31.6 Å². The third-order valence-corrected chi connectivity index (χ3v) is 5.30. The predicted molar refractivity (Wildman–Crippen MR) is 85.4 cm³/mol. The van der Waals surface area contributed by atoms with Gasteiger partial charge in [-0.05, 0) is 34.7 Å². The fourth-order valence-electron chi connectivity index (χ4n) is 3.15. The van der Waals surface area contributed by atoms with E-state index in [-0.39, 0.29) is 0 Å². The highest BCUT2D eigenvalue weighted by atomic mass is 32.1. The zero-order valence-corrected chi connectivity index (χ0v) is 11.6. The predicted octanol–water partition coefficient (Wildman–Crippen LogP) is 5.02. The number of rotatable bonds is 0. The van der Waals surface area contributed by atoms with Crippen LogP contribution in [0.3, 0.4) is 0 Å². The molecular weight excluding hydrogens is 262 g/mol. The Kier molecular flexibility index (Phi) is 1.94. The maximum absolute atomic E-state index is 4.90. The van der Waals surface area contributed by atoms with Crippen molar-refractivity contribution in [1.29, 1.82) is 0 Å². The smallest absolute Gasteiger partial charge is 0.0848 e. The van der Waals surface area contributed by atoms with Gasteiger partial charge in [0.25, 0.3) is 0 Å². The summed E-state index contributed by atoms with van der Waals surface area (Å²) in [6.45, 7) is 0. The van der Waals surface area contributed by atoms with Crippen molar-refractivity contribution in [2.45, 2.75) is 6.42 Å². The maximum Gasteiger partial charge on any atom is 0.0848 e. The SMILES string of the molecule is c1ccc2nc3c(cc2c1)Cc1c-3sc2ccccc12. The molecule has 94 valence electrons. The number of para-hydroxylation sites is 1. The fraction of sp³-hybridized carbons (Fsp3) is 0.0556. The Balaban J connectivity index is 1.87. The average molecular weight is 273 g/mol. The third kappa shape index (κ3) is 1.29. The summed E-state index contributed by atoms with van der Waals surface area (Å²) in [7, 11) is 0. The van der Waals surface area contributed by atoms with Gasteiger partial charge >= 0.3 is 0 Å². The molecule has 0 atom stereocenters. The first-order chi connectivity index (χ1) is 9.90. The van der Waals surface area contributed by atoms with Gasteiger partial charge in [-0.1, -0.05) is 36.4 Å². The van der Waals surface area contributed by atoms with Gasteiger partial charge in [-0.2, -0.15) is 0 Å². The van der Waals surface area contributed by atoms with Crippen molar-refractivity contribution in [2.75, 3.05) is 0 Å². The van der Waals surface area contributed by atoms with Crippen LogP contribution in [-0.4, -0.2) is 4.98 Å². The van der Waals surface area contributed by atoms with E-state index < -0.39 is 0 Å². The summed E-state index contributed by atoms with van der Waals surface area (Å²) >= 11 is 1.88. The standard InChI is InChI=1S/C18H11NS/c1-3-7-15-11(5-1)9-12-10-14-13-6-2-4-8-16(13)20-18(14)17(12)19-15/h1-9H,10H2. The van der Waals surface area contributed by atoms with Crippen LogP contribution < -0.4 is 0 Å². The van der Waals surface area contributed by atoms with Crippen molar-refractivity contribution >= 4 is 32.3 Å². The van der Waals surface area contributed by atoms with Crippen molar-refractivity contribution in [3.8, 4) is 10.6 Å². The molecule has 2 aromatic carbocycles. The summed E-state index contributed by atoms with van der Waals surface area (Å²) in [4.78, 5) is 6.27. The third-order valence-electron chi connectivity index (χ3n) is 4.08. The number of hydrogen-bond acceptors (Lipinski definition) is 2. The van der Waals surface area contributed by atoms with Gasteiger partial charge < -0.3 is 0 Å². The maximum atomic E-state index is 4.90. The Morgan fingerprint density at radius 2 is 1.80 bits per heavy atom. The van der Waals surface area contributed by atoms with E-state index in [1.807, 2.05) is 11.3 Å². The lowest BCUT2D eigenvalue weighted by Gasteiger charge is -2.02. The summed E-state index contributed by atoms with van der Waals surface area (Å²) in [6.07, 6.45) is 1.02. The minimum atomic E-state index is 1.02. The molecule has 1 aliphatic rings. The second-order valence-corrected chi connectivity index (χ2v) is 6.32. The highest BCUT2D eigenvalue weighted by Gasteiger charge is 2.24. The average Bonchev–Trinajstić information content (AvgIpc) is 3.01. The molecule has 1 aliphatic carbocycles. The van der Waals surface area contributed by atoms with Crippen molar-refractivity contribution < 1.29 is 0 Å². The Morgan fingerprint density at radius 3 is 2.80 bits per heavy atom. The molecule has 0 spiro atoms. The van der Waals surface area contributed by atoms with Crippen LogP contribution in [0.4, 0.5) is 0 Å². The number of benzene rings is 2. The Hall–Kier alpha value is -2.19. The van der Waals surface area contributed by atoms with Crippen LogP contribution in [0.2, 0.25) is 0 Å². The molecule has 4 aromatic rings. The van der Waals surface area contributed by atoms with Crippen LogP contribution in [0.5, 0.6) is 0 Å². The minimum Gasteiger partial charge on any atom is -0.247 e. The molecular formula is C18H11NS. The van der Waals surface area contributed by atoms with E-state index in [1.54, 1.807) is 0 Å². The number of aromatic nitrogens is 1. The van der Waals surface area contributed by atoms with E-state index in [4.69, 9.17) is 4.98 Å². The van der Waals surface area contributed by atoms with Gasteiger partial charge in [0.15, 0.2) is 0 Å². The lowest BCUT2D eigenvalue weighted by atomic mass is 10.1. The number of thiophene rings is 1. The van der Waals surface area contributed by atoms with Crippen LogP contribution in [0.15, 0.2) is 54.6 Å². The van der Waals surface area contributed by atoms with Crippen molar-refractivity contribution in [3.63, 3.8) is 0 Å². The lowest BCUT2D eigenvalue weighted by molar-refractivity contribution is 1.27. The molecule has 0 amide bonds. The second kappa shape index (κ2) is 3.68. The molecule has 1 nitrogen and oxygen atoms in total. The van der Waals surface area contributed by atoms with E-state index in [2.05, 4.69) is 54.6 Å². The molecule has 0 saturated carbocycles. The van der Waals surface area contributed by atoms with E-state index in [0.29, 0.717) is 0 Å². The van der Waals surface area contributed by atoms with E-state index in [0.717, 1.165) is 11.9 Å². The molecule has 0 unspecified atom stereocenters. The monoisotopic (exact) mass is 273 g/mol. The highest BCUT2D eigenvalue weighted by molar-refractivity contribution is 7.22. The van der Waals surface area contributed by atoms with Crippen LogP contribution in [-0.2, 0) is 6.42 Å². The first-order valence-corrected chi connectivity index (χ1v) is 7.61. The Morgan fingerprint density at radius 1 is 0.950 bits per heavy atom. The summed E-state index contributed by atoms with van der Waals surface area (Å²) in [5, 5.41) is 2.64.